The Kier molecular flexibility index (Phi) is 5.74. The van der Waals surface area contributed by atoms with Crippen molar-refractivity contribution >= 4 is 18.3 Å². The fraction of sp³-hybridized carbons (Fsp3) is 0.632. The Morgan fingerprint density at radius 2 is 1.87 bits per heavy atom. The van der Waals surface area contributed by atoms with Crippen molar-refractivity contribution < 1.29 is 4.79 Å². The Morgan fingerprint density at radius 3 is 2.43 bits per heavy atom. The predicted octanol–water partition coefficient (Wildman–Crippen LogP) is 3.68. The first-order valence-corrected chi connectivity index (χ1v) is 8.58. The highest BCUT2D eigenvalue weighted by molar-refractivity contribution is 5.85. The number of nitrogens with zero attached hydrogens (tertiary/aromatic N) is 1. The molecule has 0 saturated carbocycles. The molecule has 2 fully saturated rings. The van der Waals surface area contributed by atoms with Gasteiger partial charge in [0.25, 0.3) is 0 Å². The number of amides is 1. The molecule has 0 bridgehead atoms. The minimum Gasteiger partial charge on any atom is -0.335 e. The zero-order chi connectivity index (χ0) is 15.7. The number of carbonyl (C=O) groups excluding carboxylic acids is 1. The summed E-state index contributed by atoms with van der Waals surface area (Å²) in [6.07, 6.45) is 3.21. The topological polar surface area (TPSA) is 32.3 Å². The minimum absolute atomic E-state index is 0. The Hall–Kier alpha value is -1.06. The molecule has 3 rings (SSSR count). The second-order valence-corrected chi connectivity index (χ2v) is 7.75. The summed E-state index contributed by atoms with van der Waals surface area (Å²) in [7, 11) is 0. The number of hydrogen-bond donors (Lipinski definition) is 1. The first-order valence-electron chi connectivity index (χ1n) is 8.58. The molecule has 1 aromatic rings. The van der Waals surface area contributed by atoms with Crippen LogP contribution in [-0.4, -0.2) is 30.4 Å². The summed E-state index contributed by atoms with van der Waals surface area (Å²) in [6, 6.07) is 9.19. The number of hydrogen-bond acceptors (Lipinski definition) is 2. The first-order chi connectivity index (χ1) is 10.5. The fourth-order valence-corrected chi connectivity index (χ4v) is 3.68. The third-order valence-electron chi connectivity index (χ3n) is 5.11. The second-order valence-electron chi connectivity index (χ2n) is 7.75. The molecule has 2 unspecified atom stereocenters. The van der Waals surface area contributed by atoms with Crippen molar-refractivity contribution in [3.63, 3.8) is 0 Å². The van der Waals surface area contributed by atoms with E-state index in [1.807, 2.05) is 0 Å². The van der Waals surface area contributed by atoms with E-state index in [2.05, 4.69) is 55.3 Å². The lowest BCUT2D eigenvalue weighted by Gasteiger charge is -2.28. The van der Waals surface area contributed by atoms with Crippen LogP contribution in [0.5, 0.6) is 0 Å². The largest absolute Gasteiger partial charge is 0.335 e. The van der Waals surface area contributed by atoms with Crippen molar-refractivity contribution in [2.24, 2.45) is 5.92 Å². The van der Waals surface area contributed by atoms with Crippen LogP contribution in [0.3, 0.4) is 0 Å². The minimum atomic E-state index is 0. The summed E-state index contributed by atoms with van der Waals surface area (Å²) in [5, 5.41) is 3.31. The van der Waals surface area contributed by atoms with Crippen molar-refractivity contribution in [3.8, 4) is 0 Å². The van der Waals surface area contributed by atoms with E-state index >= 15 is 0 Å². The van der Waals surface area contributed by atoms with Gasteiger partial charge in [0.15, 0.2) is 0 Å². The molecule has 0 aliphatic carbocycles. The Balaban J connectivity index is 0.00000192. The van der Waals surface area contributed by atoms with Crippen LogP contribution in [0.2, 0.25) is 0 Å². The van der Waals surface area contributed by atoms with Crippen LogP contribution in [0.1, 0.15) is 57.2 Å². The van der Waals surface area contributed by atoms with Gasteiger partial charge in [0.1, 0.15) is 0 Å². The number of benzene rings is 1. The molecule has 128 valence electrons. The van der Waals surface area contributed by atoms with Crippen molar-refractivity contribution in [3.05, 3.63) is 35.4 Å². The zero-order valence-electron chi connectivity index (χ0n) is 14.5. The molecule has 1 amide bonds. The molecule has 2 atom stereocenters. The summed E-state index contributed by atoms with van der Waals surface area (Å²) < 4.78 is 0. The lowest BCUT2D eigenvalue weighted by molar-refractivity contribution is -0.135. The van der Waals surface area contributed by atoms with Gasteiger partial charge < -0.3 is 10.2 Å². The molecule has 0 aromatic heterocycles. The van der Waals surface area contributed by atoms with Crippen LogP contribution in [0.4, 0.5) is 0 Å². The maximum absolute atomic E-state index is 12.7. The number of carbonyl (C=O) groups is 1. The van der Waals surface area contributed by atoms with E-state index in [1.54, 1.807) is 0 Å². The molecule has 23 heavy (non-hydrogen) atoms. The molecule has 0 radical (unpaired) electrons. The predicted molar refractivity (Wildman–Crippen MR) is 97.1 cm³/mol. The third kappa shape index (κ3) is 3.89. The van der Waals surface area contributed by atoms with E-state index in [-0.39, 0.29) is 29.8 Å². The third-order valence-corrected chi connectivity index (χ3v) is 5.11. The monoisotopic (exact) mass is 336 g/mol. The molecule has 1 aromatic carbocycles. The molecule has 2 saturated heterocycles. The molecular weight excluding hydrogens is 308 g/mol. The maximum Gasteiger partial charge on any atom is 0.227 e. The highest BCUT2D eigenvalue weighted by Crippen LogP contribution is 2.34. The number of nitrogens with one attached hydrogen (secondary N) is 1. The highest BCUT2D eigenvalue weighted by Gasteiger charge is 2.35. The van der Waals surface area contributed by atoms with E-state index in [0.29, 0.717) is 5.91 Å². The fourth-order valence-electron chi connectivity index (χ4n) is 3.68. The van der Waals surface area contributed by atoms with Gasteiger partial charge in [0.05, 0.1) is 12.0 Å². The Morgan fingerprint density at radius 1 is 1.17 bits per heavy atom. The van der Waals surface area contributed by atoms with Crippen molar-refractivity contribution in [1.29, 1.82) is 0 Å². The summed E-state index contributed by atoms with van der Waals surface area (Å²) in [6.45, 7) is 9.46. The summed E-state index contributed by atoms with van der Waals surface area (Å²) in [5.74, 6) is 0.543. The van der Waals surface area contributed by atoms with Crippen molar-refractivity contribution in [2.45, 2.75) is 51.5 Å². The van der Waals surface area contributed by atoms with Crippen molar-refractivity contribution in [1.82, 2.24) is 10.2 Å². The number of halogens is 1. The molecule has 0 spiro atoms. The van der Waals surface area contributed by atoms with Gasteiger partial charge in [0.2, 0.25) is 5.91 Å². The van der Waals surface area contributed by atoms with Crippen LogP contribution >= 0.6 is 12.4 Å². The second kappa shape index (κ2) is 7.23. The molecule has 1 N–H and O–H groups in total. The zero-order valence-corrected chi connectivity index (χ0v) is 15.3. The molecule has 2 aliphatic rings. The Bertz CT molecular complexity index is 529. The van der Waals surface area contributed by atoms with Gasteiger partial charge >= 0.3 is 0 Å². The van der Waals surface area contributed by atoms with Crippen molar-refractivity contribution in [2.75, 3.05) is 19.6 Å². The van der Waals surface area contributed by atoms with Crippen LogP contribution in [-0.2, 0) is 10.2 Å². The summed E-state index contributed by atoms with van der Waals surface area (Å²) in [5.41, 5.74) is 2.83. The summed E-state index contributed by atoms with van der Waals surface area (Å²) in [4.78, 5) is 14.9. The standard InChI is InChI=1S/C19H28N2O.ClH/c1-19(2,3)16-8-6-14(7-9-16)17-5-4-12-21(17)18(22)15-10-11-20-13-15;/h6-9,15,17,20H,4-5,10-13H2,1-3H3;1H. The van der Waals surface area contributed by atoms with Gasteiger partial charge in [-0.15, -0.1) is 12.4 Å². The molecule has 4 heteroatoms. The molecule has 2 aliphatic heterocycles. The van der Waals surface area contributed by atoms with Gasteiger partial charge in [-0.1, -0.05) is 45.0 Å². The van der Waals surface area contributed by atoms with Gasteiger partial charge in [-0.05, 0) is 42.3 Å². The van der Waals surface area contributed by atoms with E-state index in [4.69, 9.17) is 0 Å². The molecular formula is C19H29ClN2O. The van der Waals surface area contributed by atoms with E-state index < -0.39 is 0 Å². The van der Waals surface area contributed by atoms with Crippen LogP contribution < -0.4 is 5.32 Å². The smallest absolute Gasteiger partial charge is 0.227 e. The first kappa shape index (κ1) is 18.3. The van der Waals surface area contributed by atoms with Gasteiger partial charge in [0, 0.05) is 13.1 Å². The van der Waals surface area contributed by atoms with E-state index in [0.717, 1.165) is 38.9 Å². The Labute approximate surface area is 146 Å². The highest BCUT2D eigenvalue weighted by atomic mass is 35.5. The van der Waals surface area contributed by atoms with E-state index in [9.17, 15) is 4.79 Å². The maximum atomic E-state index is 12.7. The normalized spacial score (nSPS) is 24.6. The lowest BCUT2D eigenvalue weighted by Crippen LogP contribution is -2.36. The van der Waals surface area contributed by atoms with E-state index in [1.165, 1.54) is 11.1 Å². The SMILES string of the molecule is CC(C)(C)c1ccc(C2CCCN2C(=O)C2CCNC2)cc1.Cl. The number of rotatable bonds is 2. The van der Waals surface area contributed by atoms with Gasteiger partial charge in [-0.3, -0.25) is 4.79 Å². The van der Waals surface area contributed by atoms with Crippen LogP contribution in [0, 0.1) is 5.92 Å². The van der Waals surface area contributed by atoms with Crippen LogP contribution in [0.15, 0.2) is 24.3 Å². The number of likely N-dealkylation sites (tertiary alicyclic amines) is 1. The molecule has 2 heterocycles. The molecule has 3 nitrogen and oxygen atoms in total. The average molecular weight is 337 g/mol. The van der Waals surface area contributed by atoms with Crippen LogP contribution in [0.25, 0.3) is 0 Å². The van der Waals surface area contributed by atoms with Gasteiger partial charge in [-0.2, -0.15) is 0 Å². The van der Waals surface area contributed by atoms with Gasteiger partial charge in [-0.25, -0.2) is 0 Å². The lowest BCUT2D eigenvalue weighted by atomic mass is 9.86. The quantitative estimate of drug-likeness (QED) is 0.893. The summed E-state index contributed by atoms with van der Waals surface area (Å²) >= 11 is 0. The average Bonchev–Trinajstić information content (AvgIpc) is 3.17.